The van der Waals surface area contributed by atoms with Gasteiger partial charge in [-0.1, -0.05) is 30.3 Å². The van der Waals surface area contributed by atoms with Crippen LogP contribution in [0, 0.1) is 0 Å². The molecule has 0 spiro atoms. The van der Waals surface area contributed by atoms with Crippen LogP contribution in [0.5, 0.6) is 0 Å². The van der Waals surface area contributed by atoms with Crippen molar-refractivity contribution >= 4 is 34.7 Å². The van der Waals surface area contributed by atoms with Crippen LogP contribution in [0.1, 0.15) is 35.7 Å². The molecule has 1 fully saturated rings. The van der Waals surface area contributed by atoms with Crippen molar-refractivity contribution in [3.05, 3.63) is 94.5 Å². The van der Waals surface area contributed by atoms with Gasteiger partial charge in [0.05, 0.1) is 17.8 Å². The number of benzene rings is 2. The monoisotopic (exact) mass is 496 g/mol. The Balaban J connectivity index is 1.22. The first kappa shape index (κ1) is 22.7. The number of nitrogens with zero attached hydrogens (tertiary/aromatic N) is 5. The molecule has 37 heavy (non-hydrogen) atoms. The van der Waals surface area contributed by atoms with E-state index >= 15 is 0 Å². The minimum absolute atomic E-state index is 0.0669. The Morgan fingerprint density at radius 2 is 1.84 bits per heavy atom. The zero-order valence-electron chi connectivity index (χ0n) is 20.1. The Bertz CT molecular complexity index is 1640. The van der Waals surface area contributed by atoms with Crippen LogP contribution < -0.4 is 15.9 Å². The number of hydrogen-bond acceptors (Lipinski definition) is 5. The van der Waals surface area contributed by atoms with E-state index in [1.54, 1.807) is 65.7 Å². The SMILES string of the molecule is CC12CCC(=O)N1c1ccccc1C(=O)N2CC(=O)Nc1cccc(Cn2nc3ccccn3c2=O)c1. The molecule has 0 aliphatic carbocycles. The largest absolute Gasteiger partial charge is 0.350 e. The van der Waals surface area contributed by atoms with Gasteiger partial charge in [-0.25, -0.2) is 9.48 Å². The molecular weight excluding hydrogens is 472 g/mol. The molecule has 1 atom stereocenters. The molecule has 10 nitrogen and oxygen atoms in total. The summed E-state index contributed by atoms with van der Waals surface area (Å²) >= 11 is 0. The lowest BCUT2D eigenvalue weighted by Gasteiger charge is -2.48. The van der Waals surface area contributed by atoms with Gasteiger partial charge in [-0.15, -0.1) is 5.10 Å². The summed E-state index contributed by atoms with van der Waals surface area (Å²) in [4.78, 5) is 55.0. The van der Waals surface area contributed by atoms with Gasteiger partial charge in [-0.3, -0.25) is 23.7 Å². The Labute approximate surface area is 211 Å². The van der Waals surface area contributed by atoms with Gasteiger partial charge in [-0.2, -0.15) is 0 Å². The lowest BCUT2D eigenvalue weighted by Crippen LogP contribution is -2.63. The minimum Gasteiger partial charge on any atom is -0.325 e. The highest BCUT2D eigenvalue weighted by atomic mass is 16.2. The van der Waals surface area contributed by atoms with Crippen LogP contribution >= 0.6 is 0 Å². The molecule has 2 aliphatic heterocycles. The highest BCUT2D eigenvalue weighted by Crippen LogP contribution is 2.43. The number of pyridine rings is 1. The van der Waals surface area contributed by atoms with E-state index in [9.17, 15) is 19.2 Å². The van der Waals surface area contributed by atoms with Crippen molar-refractivity contribution in [3.8, 4) is 0 Å². The molecule has 186 valence electrons. The van der Waals surface area contributed by atoms with Gasteiger partial charge in [0.1, 0.15) is 12.2 Å². The summed E-state index contributed by atoms with van der Waals surface area (Å²) in [6, 6.07) is 19.5. The van der Waals surface area contributed by atoms with E-state index in [0.717, 1.165) is 5.56 Å². The highest BCUT2D eigenvalue weighted by molar-refractivity contribution is 6.11. The first-order valence-corrected chi connectivity index (χ1v) is 12.0. The fourth-order valence-corrected chi connectivity index (χ4v) is 5.28. The second-order valence-corrected chi connectivity index (χ2v) is 9.47. The van der Waals surface area contributed by atoms with Gasteiger partial charge >= 0.3 is 5.69 Å². The van der Waals surface area contributed by atoms with Crippen molar-refractivity contribution < 1.29 is 14.4 Å². The molecule has 2 aromatic heterocycles. The first-order chi connectivity index (χ1) is 17.8. The number of para-hydroxylation sites is 1. The lowest BCUT2D eigenvalue weighted by atomic mass is 9.98. The van der Waals surface area contributed by atoms with Crippen LogP contribution in [0.4, 0.5) is 11.4 Å². The second kappa shape index (κ2) is 8.44. The molecule has 6 rings (SSSR count). The van der Waals surface area contributed by atoms with Crippen LogP contribution in [0.25, 0.3) is 5.65 Å². The fraction of sp³-hybridized carbons (Fsp3) is 0.222. The zero-order valence-corrected chi connectivity index (χ0v) is 20.1. The summed E-state index contributed by atoms with van der Waals surface area (Å²) in [5, 5.41) is 7.21. The number of aromatic nitrogens is 3. The van der Waals surface area contributed by atoms with Gasteiger partial charge in [0.25, 0.3) is 5.91 Å². The average molecular weight is 497 g/mol. The van der Waals surface area contributed by atoms with Crippen LogP contribution in [-0.2, 0) is 16.1 Å². The molecule has 1 N–H and O–H groups in total. The quantitative estimate of drug-likeness (QED) is 0.457. The Hall–Kier alpha value is -4.73. The number of carbonyl (C=O) groups is 3. The third-order valence-corrected chi connectivity index (χ3v) is 7.08. The molecule has 1 unspecified atom stereocenters. The van der Waals surface area contributed by atoms with Crippen LogP contribution in [0.3, 0.4) is 0 Å². The molecule has 3 amide bonds. The zero-order chi connectivity index (χ0) is 25.7. The van der Waals surface area contributed by atoms with E-state index in [2.05, 4.69) is 10.4 Å². The maximum absolute atomic E-state index is 13.4. The van der Waals surface area contributed by atoms with Crippen molar-refractivity contribution in [3.63, 3.8) is 0 Å². The Morgan fingerprint density at radius 1 is 1.03 bits per heavy atom. The summed E-state index contributed by atoms with van der Waals surface area (Å²) in [5.41, 5.74) is 1.70. The molecule has 0 bridgehead atoms. The maximum atomic E-state index is 13.4. The Morgan fingerprint density at radius 3 is 2.68 bits per heavy atom. The second-order valence-electron chi connectivity index (χ2n) is 9.47. The smallest absolute Gasteiger partial charge is 0.325 e. The summed E-state index contributed by atoms with van der Waals surface area (Å²) in [6.45, 7) is 1.86. The number of anilines is 2. The van der Waals surface area contributed by atoms with E-state index in [1.165, 1.54) is 14.0 Å². The molecule has 1 saturated heterocycles. The molecule has 0 saturated carbocycles. The van der Waals surface area contributed by atoms with E-state index in [-0.39, 0.29) is 36.5 Å². The van der Waals surface area contributed by atoms with Gasteiger partial charge in [0.15, 0.2) is 5.65 Å². The number of carbonyl (C=O) groups excluding carboxylic acids is 3. The van der Waals surface area contributed by atoms with Gasteiger partial charge in [0, 0.05) is 18.3 Å². The predicted octanol–water partition coefficient (Wildman–Crippen LogP) is 2.48. The first-order valence-electron chi connectivity index (χ1n) is 12.0. The number of amides is 3. The standard InChI is InChI=1S/C27H24N6O4/c1-27-13-12-24(35)33(27)21-10-3-2-9-20(21)25(36)31(27)17-23(34)28-19-8-6-7-18(15-19)16-32-26(37)30-14-5-4-11-22(30)29-32/h2-11,14-15H,12-13,16-17H2,1H3,(H,28,34). The molecular formula is C27H24N6O4. The van der Waals surface area contributed by atoms with Crippen molar-refractivity contribution in [2.24, 2.45) is 0 Å². The van der Waals surface area contributed by atoms with Crippen molar-refractivity contribution in [2.75, 3.05) is 16.8 Å². The average Bonchev–Trinajstić information content (AvgIpc) is 3.38. The maximum Gasteiger partial charge on any atom is 0.350 e. The summed E-state index contributed by atoms with van der Waals surface area (Å²) < 4.78 is 2.84. The van der Waals surface area contributed by atoms with Gasteiger partial charge in [0.2, 0.25) is 11.8 Å². The van der Waals surface area contributed by atoms with Crippen LogP contribution in [0.15, 0.2) is 77.7 Å². The van der Waals surface area contributed by atoms with Crippen molar-refractivity contribution in [2.45, 2.75) is 32.0 Å². The molecule has 4 heterocycles. The van der Waals surface area contributed by atoms with Crippen LogP contribution in [0.2, 0.25) is 0 Å². The number of fused-ring (bicyclic) bond motifs is 4. The van der Waals surface area contributed by atoms with Gasteiger partial charge < -0.3 is 10.2 Å². The predicted molar refractivity (Wildman–Crippen MR) is 136 cm³/mol. The highest BCUT2D eigenvalue weighted by Gasteiger charge is 2.53. The topological polar surface area (TPSA) is 109 Å². The van der Waals surface area contributed by atoms with Crippen LogP contribution in [-0.4, -0.2) is 49.0 Å². The molecule has 2 aromatic carbocycles. The third-order valence-electron chi connectivity index (χ3n) is 7.08. The number of rotatable bonds is 5. The summed E-state index contributed by atoms with van der Waals surface area (Å²) in [6.07, 6.45) is 2.42. The molecule has 0 radical (unpaired) electrons. The molecule has 2 aliphatic rings. The molecule has 4 aromatic rings. The summed E-state index contributed by atoms with van der Waals surface area (Å²) in [5.74, 6) is -0.725. The van der Waals surface area contributed by atoms with E-state index in [1.807, 2.05) is 19.1 Å². The normalized spacial score (nSPS) is 18.7. The number of nitrogens with one attached hydrogen (secondary N) is 1. The van der Waals surface area contributed by atoms with Crippen molar-refractivity contribution in [1.29, 1.82) is 0 Å². The van der Waals surface area contributed by atoms with Gasteiger partial charge in [-0.05, 0) is 55.3 Å². The van der Waals surface area contributed by atoms with E-state index in [4.69, 9.17) is 0 Å². The molecule has 10 heteroatoms. The van der Waals surface area contributed by atoms with E-state index in [0.29, 0.717) is 35.4 Å². The Kier molecular flexibility index (Phi) is 5.18. The fourth-order valence-electron chi connectivity index (χ4n) is 5.28. The van der Waals surface area contributed by atoms with E-state index < -0.39 is 5.66 Å². The minimum atomic E-state index is -0.911. The third kappa shape index (κ3) is 3.68. The lowest BCUT2D eigenvalue weighted by molar-refractivity contribution is -0.120. The number of hydrogen-bond donors (Lipinski definition) is 1. The summed E-state index contributed by atoms with van der Waals surface area (Å²) in [7, 11) is 0. The van der Waals surface area contributed by atoms with Crippen molar-refractivity contribution in [1.82, 2.24) is 19.1 Å².